The second-order valence-electron chi connectivity index (χ2n) is 5.43. The first-order chi connectivity index (χ1) is 7.94. The van der Waals surface area contributed by atoms with Gasteiger partial charge < -0.3 is 9.84 Å². The predicted octanol–water partition coefficient (Wildman–Crippen LogP) is 2.03. The Kier molecular flexibility index (Phi) is 5.29. The molecule has 0 bridgehead atoms. The smallest absolute Gasteiger partial charge is 0.163 e. The molecule has 0 aliphatic heterocycles. The van der Waals surface area contributed by atoms with Gasteiger partial charge in [-0.1, -0.05) is 26.6 Å². The molecule has 0 aromatic carbocycles. The summed E-state index contributed by atoms with van der Waals surface area (Å²) in [6.45, 7) is 10.1. The number of aromatic nitrogens is 3. The molecule has 0 amide bonds. The van der Waals surface area contributed by atoms with Crippen molar-refractivity contribution in [3.8, 4) is 0 Å². The van der Waals surface area contributed by atoms with E-state index in [0.717, 1.165) is 12.7 Å². The highest BCUT2D eigenvalue weighted by Gasteiger charge is 2.14. The van der Waals surface area contributed by atoms with Crippen LogP contribution in [-0.2, 0) is 11.5 Å². The van der Waals surface area contributed by atoms with E-state index in [0.29, 0.717) is 19.0 Å². The quantitative estimate of drug-likeness (QED) is 0.600. The Balaban J connectivity index is 2.39. The van der Waals surface area contributed by atoms with Crippen molar-refractivity contribution in [1.29, 1.82) is 0 Å². The van der Waals surface area contributed by atoms with E-state index in [9.17, 15) is 5.11 Å². The minimum atomic E-state index is -1.04. The first-order valence-corrected chi connectivity index (χ1v) is 9.78. The van der Waals surface area contributed by atoms with Crippen LogP contribution in [-0.4, -0.2) is 34.6 Å². The van der Waals surface area contributed by atoms with E-state index in [4.69, 9.17) is 4.74 Å². The minimum absolute atomic E-state index is 0.421. The molecular formula is C11H23N3O2Si. The lowest BCUT2D eigenvalue weighted by atomic mass is 10.3. The van der Waals surface area contributed by atoms with Gasteiger partial charge in [-0.25, -0.2) is 0 Å². The molecule has 1 atom stereocenters. The Hall–Kier alpha value is -0.723. The van der Waals surface area contributed by atoms with Crippen LogP contribution < -0.4 is 0 Å². The molecule has 6 heteroatoms. The van der Waals surface area contributed by atoms with Gasteiger partial charge in [0, 0.05) is 14.7 Å². The fourth-order valence-electron chi connectivity index (χ4n) is 1.35. The maximum atomic E-state index is 9.71. The standard InChI is InChI=1S/C11H23N3O2Si/c1-5-10(15)11-13-12-8-14(11)9-16-6-7-17(2,3)4/h8,10,15H,5-7,9H2,1-4H3. The Morgan fingerprint density at radius 2 is 2.18 bits per heavy atom. The van der Waals surface area contributed by atoms with Crippen molar-refractivity contribution in [2.45, 2.75) is 51.9 Å². The molecular weight excluding hydrogens is 234 g/mol. The Morgan fingerprint density at radius 1 is 1.47 bits per heavy atom. The third-order valence-corrected chi connectivity index (χ3v) is 4.26. The molecule has 1 N–H and O–H groups in total. The summed E-state index contributed by atoms with van der Waals surface area (Å²) in [5, 5.41) is 17.4. The maximum Gasteiger partial charge on any atom is 0.163 e. The fourth-order valence-corrected chi connectivity index (χ4v) is 2.10. The zero-order chi connectivity index (χ0) is 12.9. The largest absolute Gasteiger partial charge is 0.385 e. The summed E-state index contributed by atoms with van der Waals surface area (Å²) in [6.07, 6.45) is 1.68. The zero-order valence-corrected chi connectivity index (χ0v) is 12.2. The number of aliphatic hydroxyl groups excluding tert-OH is 1. The van der Waals surface area contributed by atoms with E-state index in [1.165, 1.54) is 0 Å². The molecule has 1 aromatic rings. The number of hydrogen-bond donors (Lipinski definition) is 1. The molecule has 98 valence electrons. The average Bonchev–Trinajstić information content (AvgIpc) is 2.70. The molecule has 0 saturated carbocycles. The van der Waals surface area contributed by atoms with Crippen molar-refractivity contribution in [1.82, 2.24) is 14.8 Å². The topological polar surface area (TPSA) is 60.2 Å². The number of aliphatic hydroxyl groups is 1. The molecule has 0 saturated heterocycles. The zero-order valence-electron chi connectivity index (χ0n) is 11.2. The third-order valence-electron chi connectivity index (χ3n) is 2.56. The fraction of sp³-hybridized carbons (Fsp3) is 0.818. The highest BCUT2D eigenvalue weighted by atomic mass is 28.3. The van der Waals surface area contributed by atoms with Crippen LogP contribution in [0.25, 0.3) is 0 Å². The molecule has 0 radical (unpaired) electrons. The van der Waals surface area contributed by atoms with Crippen LogP contribution >= 0.6 is 0 Å². The third kappa shape index (κ3) is 4.97. The van der Waals surface area contributed by atoms with Gasteiger partial charge in [0.1, 0.15) is 19.2 Å². The molecule has 17 heavy (non-hydrogen) atoms. The van der Waals surface area contributed by atoms with Crippen LogP contribution in [0.2, 0.25) is 25.7 Å². The van der Waals surface area contributed by atoms with Gasteiger partial charge in [-0.15, -0.1) is 10.2 Å². The second-order valence-corrected chi connectivity index (χ2v) is 11.1. The lowest BCUT2D eigenvalue weighted by Gasteiger charge is -2.16. The van der Waals surface area contributed by atoms with Crippen molar-refractivity contribution >= 4 is 8.07 Å². The van der Waals surface area contributed by atoms with Crippen LogP contribution in [0.3, 0.4) is 0 Å². The first-order valence-electron chi connectivity index (χ1n) is 6.07. The maximum absolute atomic E-state index is 9.71. The van der Waals surface area contributed by atoms with E-state index in [2.05, 4.69) is 29.8 Å². The molecule has 5 nitrogen and oxygen atoms in total. The predicted molar refractivity (Wildman–Crippen MR) is 69.4 cm³/mol. The number of hydrogen-bond acceptors (Lipinski definition) is 4. The van der Waals surface area contributed by atoms with Crippen LogP contribution in [0, 0.1) is 0 Å². The first kappa shape index (κ1) is 14.3. The second kappa shape index (κ2) is 6.27. The van der Waals surface area contributed by atoms with Crippen LogP contribution in [0.1, 0.15) is 25.3 Å². The Morgan fingerprint density at radius 3 is 2.76 bits per heavy atom. The minimum Gasteiger partial charge on any atom is -0.385 e. The van der Waals surface area contributed by atoms with Gasteiger partial charge in [-0.2, -0.15) is 0 Å². The molecule has 1 aromatic heterocycles. The van der Waals surface area contributed by atoms with E-state index in [1.54, 1.807) is 10.9 Å². The van der Waals surface area contributed by atoms with Crippen LogP contribution in [0.15, 0.2) is 6.33 Å². The van der Waals surface area contributed by atoms with E-state index < -0.39 is 14.2 Å². The normalized spacial score (nSPS) is 13.9. The molecule has 1 heterocycles. The molecule has 1 unspecified atom stereocenters. The molecule has 0 aliphatic rings. The summed E-state index contributed by atoms with van der Waals surface area (Å²) in [7, 11) is -1.04. The van der Waals surface area contributed by atoms with Crippen LogP contribution in [0.4, 0.5) is 0 Å². The molecule has 0 spiro atoms. The van der Waals surface area contributed by atoms with Gasteiger partial charge in [0.25, 0.3) is 0 Å². The monoisotopic (exact) mass is 257 g/mol. The highest BCUT2D eigenvalue weighted by molar-refractivity contribution is 6.76. The number of rotatable bonds is 7. The molecule has 0 fully saturated rings. The van der Waals surface area contributed by atoms with Gasteiger partial charge in [-0.3, -0.25) is 4.57 Å². The number of nitrogens with zero attached hydrogens (tertiary/aromatic N) is 3. The summed E-state index contributed by atoms with van der Waals surface area (Å²) >= 11 is 0. The van der Waals surface area contributed by atoms with Gasteiger partial charge in [0.15, 0.2) is 5.82 Å². The van der Waals surface area contributed by atoms with E-state index >= 15 is 0 Å². The summed E-state index contributed by atoms with van der Waals surface area (Å²) in [4.78, 5) is 0. The summed E-state index contributed by atoms with van der Waals surface area (Å²) in [6, 6.07) is 1.14. The molecule has 0 aliphatic carbocycles. The van der Waals surface area contributed by atoms with Crippen molar-refractivity contribution in [2.24, 2.45) is 0 Å². The summed E-state index contributed by atoms with van der Waals surface area (Å²) < 4.78 is 7.36. The average molecular weight is 257 g/mol. The number of ether oxygens (including phenoxy) is 1. The van der Waals surface area contributed by atoms with Crippen molar-refractivity contribution in [3.05, 3.63) is 12.2 Å². The van der Waals surface area contributed by atoms with Gasteiger partial charge >= 0.3 is 0 Å². The van der Waals surface area contributed by atoms with Gasteiger partial charge in [0.2, 0.25) is 0 Å². The van der Waals surface area contributed by atoms with Crippen molar-refractivity contribution < 1.29 is 9.84 Å². The Labute approximate surface area is 104 Å². The SMILES string of the molecule is CCC(O)c1nncn1COCC[Si](C)(C)C. The van der Waals surface area contributed by atoms with Gasteiger partial charge in [-0.05, 0) is 12.5 Å². The Bertz CT molecular complexity index is 336. The van der Waals surface area contributed by atoms with E-state index in [1.807, 2.05) is 6.92 Å². The molecule has 1 rings (SSSR count). The van der Waals surface area contributed by atoms with Crippen LogP contribution in [0.5, 0.6) is 0 Å². The van der Waals surface area contributed by atoms with E-state index in [-0.39, 0.29) is 0 Å². The lowest BCUT2D eigenvalue weighted by Crippen LogP contribution is -2.22. The lowest BCUT2D eigenvalue weighted by molar-refractivity contribution is 0.0743. The summed E-state index contributed by atoms with van der Waals surface area (Å²) in [5.41, 5.74) is 0. The van der Waals surface area contributed by atoms with Gasteiger partial charge in [0.05, 0.1) is 0 Å². The summed E-state index contributed by atoms with van der Waals surface area (Å²) in [5.74, 6) is 0.584. The highest BCUT2D eigenvalue weighted by Crippen LogP contribution is 2.13. The van der Waals surface area contributed by atoms with Crippen molar-refractivity contribution in [3.63, 3.8) is 0 Å². The van der Waals surface area contributed by atoms with Crippen molar-refractivity contribution in [2.75, 3.05) is 6.61 Å².